The Hall–Kier alpha value is -1.44. The van der Waals surface area contributed by atoms with Gasteiger partial charge in [0.2, 0.25) is 10.0 Å². The summed E-state index contributed by atoms with van der Waals surface area (Å²) in [6, 6.07) is 5.13. The van der Waals surface area contributed by atoms with Gasteiger partial charge in [-0.15, -0.1) is 0 Å². The average molecular weight is 315 g/mol. The van der Waals surface area contributed by atoms with Crippen LogP contribution in [-0.4, -0.2) is 38.2 Å². The molecule has 1 aromatic rings. The number of rotatable bonds is 7. The first-order valence-corrected chi connectivity index (χ1v) is 8.22. The molecule has 0 aromatic heterocycles. The van der Waals surface area contributed by atoms with Gasteiger partial charge in [-0.1, -0.05) is 0 Å². The van der Waals surface area contributed by atoms with E-state index in [1.165, 1.54) is 24.3 Å². The quantitative estimate of drug-likeness (QED) is 0.740. The van der Waals surface area contributed by atoms with E-state index in [1.807, 2.05) is 0 Å². The second-order valence-electron chi connectivity index (χ2n) is 4.85. The number of aliphatic hydroxyl groups excluding tert-OH is 1. The van der Waals surface area contributed by atoms with Crippen molar-refractivity contribution in [2.45, 2.75) is 44.2 Å². The Balaban J connectivity index is 2.82. The third-order valence-electron chi connectivity index (χ3n) is 2.73. The molecule has 0 aliphatic rings. The van der Waals surface area contributed by atoms with Gasteiger partial charge in [0.15, 0.2) is 0 Å². The van der Waals surface area contributed by atoms with Gasteiger partial charge in [-0.25, -0.2) is 17.9 Å². The normalized spacial score (nSPS) is 14.5. The third kappa shape index (κ3) is 5.45. The molecule has 1 aromatic carbocycles. The Kier molecular flexibility index (Phi) is 6.32. The number of carbonyl (C=O) groups excluding carboxylic acids is 1. The summed E-state index contributed by atoms with van der Waals surface area (Å²) in [5.74, 6) is -0.489. The molecular weight excluding hydrogens is 294 g/mol. The number of ether oxygens (including phenoxy) is 1. The van der Waals surface area contributed by atoms with Gasteiger partial charge in [0.1, 0.15) is 0 Å². The summed E-state index contributed by atoms with van der Waals surface area (Å²) in [6.07, 6.45) is -0.269. The summed E-state index contributed by atoms with van der Waals surface area (Å²) < 4.78 is 31.5. The largest absolute Gasteiger partial charge is 0.462 e. The maximum absolute atomic E-state index is 12.1. The maximum atomic E-state index is 12.1. The van der Waals surface area contributed by atoms with E-state index in [9.17, 15) is 18.3 Å². The van der Waals surface area contributed by atoms with Crippen molar-refractivity contribution in [2.24, 2.45) is 0 Å². The van der Waals surface area contributed by atoms with Gasteiger partial charge in [-0.05, 0) is 51.5 Å². The average Bonchev–Trinajstić information content (AvgIpc) is 2.37. The second kappa shape index (κ2) is 7.53. The first-order chi connectivity index (χ1) is 9.76. The number of hydrogen-bond donors (Lipinski definition) is 2. The zero-order valence-electron chi connectivity index (χ0n) is 12.4. The van der Waals surface area contributed by atoms with E-state index in [4.69, 9.17) is 4.74 Å². The van der Waals surface area contributed by atoms with Crippen LogP contribution in [0, 0.1) is 0 Å². The van der Waals surface area contributed by atoms with E-state index in [0.717, 1.165) is 0 Å². The molecule has 118 valence electrons. The lowest BCUT2D eigenvalue weighted by Gasteiger charge is -2.15. The Morgan fingerprint density at radius 3 is 2.33 bits per heavy atom. The summed E-state index contributed by atoms with van der Waals surface area (Å²) in [7, 11) is -3.67. The van der Waals surface area contributed by atoms with Crippen molar-refractivity contribution in [1.82, 2.24) is 4.72 Å². The van der Waals surface area contributed by atoms with Crippen molar-refractivity contribution < 1.29 is 23.1 Å². The number of benzene rings is 1. The highest BCUT2D eigenvalue weighted by atomic mass is 32.2. The van der Waals surface area contributed by atoms with Crippen molar-refractivity contribution in [3.8, 4) is 0 Å². The predicted octanol–water partition coefficient (Wildman–Crippen LogP) is 1.30. The van der Waals surface area contributed by atoms with Crippen molar-refractivity contribution >= 4 is 16.0 Å². The smallest absolute Gasteiger partial charge is 0.338 e. The Morgan fingerprint density at radius 1 is 1.29 bits per heavy atom. The summed E-state index contributed by atoms with van der Waals surface area (Å²) >= 11 is 0. The molecule has 0 amide bonds. The number of carbonyl (C=O) groups is 1. The molecule has 0 saturated heterocycles. The van der Waals surface area contributed by atoms with Crippen LogP contribution < -0.4 is 4.72 Å². The Labute approximate surface area is 125 Å². The fourth-order valence-corrected chi connectivity index (χ4v) is 3.13. The number of hydrogen-bond acceptors (Lipinski definition) is 5. The SMILES string of the molecule is CCOC(=O)c1ccc(S(=O)(=O)NC(C)CC(C)O)cc1. The maximum Gasteiger partial charge on any atom is 0.338 e. The molecule has 6 nitrogen and oxygen atoms in total. The van der Waals surface area contributed by atoms with Gasteiger partial charge in [0.25, 0.3) is 0 Å². The number of aliphatic hydroxyl groups is 1. The highest BCUT2D eigenvalue weighted by Gasteiger charge is 2.19. The van der Waals surface area contributed by atoms with Gasteiger partial charge in [-0.3, -0.25) is 0 Å². The van der Waals surface area contributed by atoms with Gasteiger partial charge < -0.3 is 9.84 Å². The van der Waals surface area contributed by atoms with Crippen LogP contribution in [0.25, 0.3) is 0 Å². The molecule has 0 aliphatic heterocycles. The standard InChI is InChI=1S/C14H21NO5S/c1-4-20-14(17)12-5-7-13(8-6-12)21(18,19)15-10(2)9-11(3)16/h5-8,10-11,15-16H,4,9H2,1-3H3. The van der Waals surface area contributed by atoms with Crippen molar-refractivity contribution in [2.75, 3.05) is 6.61 Å². The minimum absolute atomic E-state index is 0.0630. The molecule has 2 N–H and O–H groups in total. The van der Waals surface area contributed by atoms with Gasteiger partial charge in [-0.2, -0.15) is 0 Å². The molecule has 7 heteroatoms. The number of esters is 1. The fraction of sp³-hybridized carbons (Fsp3) is 0.500. The molecule has 0 heterocycles. The lowest BCUT2D eigenvalue weighted by Crippen LogP contribution is -2.34. The summed E-state index contributed by atoms with van der Waals surface area (Å²) in [4.78, 5) is 11.6. The highest BCUT2D eigenvalue weighted by molar-refractivity contribution is 7.89. The van der Waals surface area contributed by atoms with E-state index >= 15 is 0 Å². The molecular formula is C14H21NO5S. The first-order valence-electron chi connectivity index (χ1n) is 6.74. The van der Waals surface area contributed by atoms with E-state index in [2.05, 4.69) is 4.72 Å². The van der Waals surface area contributed by atoms with Gasteiger partial charge in [0, 0.05) is 6.04 Å². The summed E-state index contributed by atoms with van der Waals surface area (Å²) in [5, 5.41) is 9.25. The highest BCUT2D eigenvalue weighted by Crippen LogP contribution is 2.13. The lowest BCUT2D eigenvalue weighted by molar-refractivity contribution is 0.0526. The molecule has 0 aliphatic carbocycles. The zero-order chi connectivity index (χ0) is 16.0. The van der Waals surface area contributed by atoms with E-state index in [-0.39, 0.29) is 17.5 Å². The number of sulfonamides is 1. The number of nitrogens with one attached hydrogen (secondary N) is 1. The first kappa shape index (κ1) is 17.6. The van der Waals surface area contributed by atoms with Gasteiger partial charge in [0.05, 0.1) is 23.2 Å². The van der Waals surface area contributed by atoms with Gasteiger partial charge >= 0.3 is 5.97 Å². The molecule has 21 heavy (non-hydrogen) atoms. The Morgan fingerprint density at radius 2 is 1.86 bits per heavy atom. The molecule has 2 atom stereocenters. The topological polar surface area (TPSA) is 92.7 Å². The van der Waals surface area contributed by atoms with Crippen LogP contribution in [0.2, 0.25) is 0 Å². The molecule has 1 rings (SSSR count). The monoisotopic (exact) mass is 315 g/mol. The minimum atomic E-state index is -3.67. The molecule has 0 fully saturated rings. The second-order valence-corrected chi connectivity index (χ2v) is 6.57. The van der Waals surface area contributed by atoms with Crippen molar-refractivity contribution in [3.05, 3.63) is 29.8 Å². The molecule has 0 radical (unpaired) electrons. The summed E-state index contributed by atoms with van der Waals surface area (Å²) in [6.45, 7) is 5.23. The zero-order valence-corrected chi connectivity index (χ0v) is 13.2. The van der Waals surface area contributed by atoms with Crippen molar-refractivity contribution in [1.29, 1.82) is 0 Å². The van der Waals surface area contributed by atoms with Crippen LogP contribution in [-0.2, 0) is 14.8 Å². The van der Waals surface area contributed by atoms with E-state index in [1.54, 1.807) is 20.8 Å². The Bertz CT molecular complexity index is 566. The van der Waals surface area contributed by atoms with Crippen LogP contribution in [0.4, 0.5) is 0 Å². The molecule has 0 saturated carbocycles. The van der Waals surface area contributed by atoms with Crippen molar-refractivity contribution in [3.63, 3.8) is 0 Å². The van der Waals surface area contributed by atoms with E-state index in [0.29, 0.717) is 12.0 Å². The molecule has 2 unspecified atom stereocenters. The fourth-order valence-electron chi connectivity index (χ4n) is 1.88. The summed E-state index contributed by atoms with van der Waals surface area (Å²) in [5.41, 5.74) is 0.299. The predicted molar refractivity (Wildman–Crippen MR) is 78.5 cm³/mol. The van der Waals surface area contributed by atoms with Crippen LogP contribution in [0.5, 0.6) is 0 Å². The molecule has 0 bridgehead atoms. The molecule has 0 spiro atoms. The van der Waals surface area contributed by atoms with Crippen LogP contribution in [0.3, 0.4) is 0 Å². The van der Waals surface area contributed by atoms with Crippen LogP contribution in [0.1, 0.15) is 37.6 Å². The third-order valence-corrected chi connectivity index (χ3v) is 4.33. The van der Waals surface area contributed by atoms with Crippen LogP contribution >= 0.6 is 0 Å². The van der Waals surface area contributed by atoms with Crippen LogP contribution in [0.15, 0.2) is 29.2 Å². The lowest BCUT2D eigenvalue weighted by atomic mass is 10.2. The minimum Gasteiger partial charge on any atom is -0.462 e. The van der Waals surface area contributed by atoms with E-state index < -0.39 is 22.1 Å².